The van der Waals surface area contributed by atoms with E-state index in [-0.39, 0.29) is 10.6 Å². The standard InChI is InChI=1S/C23H23N5O5S/c1-3-31-19-9-10-20(32-4-2)21(13-19)34(29,30)27-17-5-7-18(8-6-17)33-23-14-22(25-15-26-23)28-12-11-24-16-28/h5-16,27H,3-4H2,1-2H3. The normalized spacial score (nSPS) is 11.1. The first-order valence-electron chi connectivity index (χ1n) is 10.5. The molecule has 0 radical (unpaired) electrons. The summed E-state index contributed by atoms with van der Waals surface area (Å²) in [6.45, 7) is 4.36. The van der Waals surface area contributed by atoms with Crippen molar-refractivity contribution in [1.82, 2.24) is 19.5 Å². The van der Waals surface area contributed by atoms with Crippen LogP contribution in [-0.2, 0) is 10.0 Å². The number of nitrogens with one attached hydrogen (secondary N) is 1. The summed E-state index contributed by atoms with van der Waals surface area (Å²) in [6, 6.07) is 12.8. The average Bonchev–Trinajstić information content (AvgIpc) is 3.37. The van der Waals surface area contributed by atoms with Gasteiger partial charge in [0.1, 0.15) is 40.6 Å². The van der Waals surface area contributed by atoms with Gasteiger partial charge in [0.15, 0.2) is 0 Å². The van der Waals surface area contributed by atoms with Gasteiger partial charge in [-0.15, -0.1) is 0 Å². The molecular weight excluding hydrogens is 458 g/mol. The third-order valence-electron chi connectivity index (χ3n) is 4.54. The van der Waals surface area contributed by atoms with Crippen LogP contribution in [0.1, 0.15) is 13.8 Å². The van der Waals surface area contributed by atoms with Crippen LogP contribution in [0.2, 0.25) is 0 Å². The van der Waals surface area contributed by atoms with Gasteiger partial charge in [-0.3, -0.25) is 9.29 Å². The minimum Gasteiger partial charge on any atom is -0.494 e. The van der Waals surface area contributed by atoms with Crippen molar-refractivity contribution >= 4 is 15.7 Å². The highest BCUT2D eigenvalue weighted by Crippen LogP contribution is 2.31. The van der Waals surface area contributed by atoms with Crippen molar-refractivity contribution in [2.75, 3.05) is 17.9 Å². The molecule has 0 saturated carbocycles. The zero-order valence-electron chi connectivity index (χ0n) is 18.6. The van der Waals surface area contributed by atoms with Crippen LogP contribution >= 0.6 is 0 Å². The lowest BCUT2D eigenvalue weighted by Gasteiger charge is -2.14. The number of benzene rings is 2. The van der Waals surface area contributed by atoms with Gasteiger partial charge >= 0.3 is 0 Å². The number of imidazole rings is 1. The van der Waals surface area contributed by atoms with Crippen LogP contribution < -0.4 is 18.9 Å². The van der Waals surface area contributed by atoms with Gasteiger partial charge in [0.2, 0.25) is 5.88 Å². The van der Waals surface area contributed by atoms with E-state index in [1.807, 2.05) is 6.92 Å². The molecule has 0 bridgehead atoms. The molecule has 4 aromatic rings. The fraction of sp³-hybridized carbons (Fsp3) is 0.174. The molecule has 176 valence electrons. The third-order valence-corrected chi connectivity index (χ3v) is 5.94. The molecule has 0 unspecified atom stereocenters. The minimum atomic E-state index is -3.93. The van der Waals surface area contributed by atoms with E-state index < -0.39 is 10.0 Å². The molecule has 2 heterocycles. The van der Waals surface area contributed by atoms with E-state index in [4.69, 9.17) is 14.2 Å². The second kappa shape index (κ2) is 10.2. The number of nitrogens with zero attached hydrogens (tertiary/aromatic N) is 4. The molecule has 2 aromatic carbocycles. The number of sulfonamides is 1. The highest BCUT2D eigenvalue weighted by atomic mass is 32.2. The predicted molar refractivity (Wildman–Crippen MR) is 125 cm³/mol. The second-order valence-corrected chi connectivity index (χ2v) is 8.54. The molecule has 0 atom stereocenters. The highest BCUT2D eigenvalue weighted by Gasteiger charge is 2.21. The second-order valence-electron chi connectivity index (χ2n) is 6.89. The van der Waals surface area contributed by atoms with Gasteiger partial charge in [0.25, 0.3) is 10.0 Å². The van der Waals surface area contributed by atoms with Crippen molar-refractivity contribution in [3.05, 3.63) is 73.6 Å². The van der Waals surface area contributed by atoms with Crippen molar-refractivity contribution in [2.24, 2.45) is 0 Å². The Bertz CT molecular complexity index is 1340. The Morgan fingerprint density at radius 2 is 1.71 bits per heavy atom. The third kappa shape index (κ3) is 5.44. The maximum Gasteiger partial charge on any atom is 0.265 e. The van der Waals surface area contributed by atoms with E-state index in [1.165, 1.54) is 12.4 Å². The topological polar surface area (TPSA) is 117 Å². The van der Waals surface area contributed by atoms with Gasteiger partial charge in [-0.25, -0.2) is 23.4 Å². The first kappa shape index (κ1) is 23.1. The highest BCUT2D eigenvalue weighted by molar-refractivity contribution is 7.92. The van der Waals surface area contributed by atoms with E-state index >= 15 is 0 Å². The molecule has 34 heavy (non-hydrogen) atoms. The summed E-state index contributed by atoms with van der Waals surface area (Å²) in [7, 11) is -3.93. The lowest BCUT2D eigenvalue weighted by atomic mass is 10.3. The monoisotopic (exact) mass is 481 g/mol. The van der Waals surface area contributed by atoms with Crippen LogP contribution in [0.4, 0.5) is 5.69 Å². The number of aromatic nitrogens is 4. The number of hydrogen-bond acceptors (Lipinski definition) is 8. The Kier molecular flexibility index (Phi) is 6.93. The SMILES string of the molecule is CCOc1ccc(OCC)c(S(=O)(=O)Nc2ccc(Oc3cc(-n4ccnc4)ncn3)cc2)c1. The predicted octanol–water partition coefficient (Wildman–Crippen LogP) is 4.05. The van der Waals surface area contributed by atoms with Crippen LogP contribution in [0.3, 0.4) is 0 Å². The molecule has 0 amide bonds. The Labute approximate surface area is 197 Å². The lowest BCUT2D eigenvalue weighted by Crippen LogP contribution is -2.14. The quantitative estimate of drug-likeness (QED) is 0.360. The molecule has 4 rings (SSSR count). The summed E-state index contributed by atoms with van der Waals surface area (Å²) < 4.78 is 47.2. The fourth-order valence-corrected chi connectivity index (χ4v) is 4.29. The number of anilines is 1. The number of rotatable bonds is 10. The van der Waals surface area contributed by atoms with E-state index in [0.29, 0.717) is 42.1 Å². The Hall–Kier alpha value is -4.12. The summed E-state index contributed by atoms with van der Waals surface area (Å²) in [5.74, 6) is 2.10. The molecule has 0 aliphatic rings. The van der Waals surface area contributed by atoms with Crippen molar-refractivity contribution in [3.8, 4) is 28.9 Å². The number of hydrogen-bond donors (Lipinski definition) is 1. The lowest BCUT2D eigenvalue weighted by molar-refractivity contribution is 0.322. The molecule has 0 saturated heterocycles. The van der Waals surface area contributed by atoms with Gasteiger partial charge in [-0.2, -0.15) is 0 Å². The first-order chi connectivity index (χ1) is 16.5. The van der Waals surface area contributed by atoms with Crippen LogP contribution in [-0.4, -0.2) is 41.2 Å². The molecule has 0 aliphatic carbocycles. The molecule has 0 aliphatic heterocycles. The molecule has 0 fully saturated rings. The van der Waals surface area contributed by atoms with Crippen molar-refractivity contribution in [2.45, 2.75) is 18.7 Å². The van der Waals surface area contributed by atoms with E-state index in [2.05, 4.69) is 19.7 Å². The summed E-state index contributed by atoms with van der Waals surface area (Å²) in [4.78, 5) is 12.3. The molecule has 11 heteroatoms. The Morgan fingerprint density at radius 3 is 2.41 bits per heavy atom. The summed E-state index contributed by atoms with van der Waals surface area (Å²) in [6.07, 6.45) is 6.41. The molecule has 2 aromatic heterocycles. The maximum absolute atomic E-state index is 13.1. The average molecular weight is 482 g/mol. The number of ether oxygens (including phenoxy) is 3. The Balaban J connectivity index is 1.51. The largest absolute Gasteiger partial charge is 0.494 e. The van der Waals surface area contributed by atoms with E-state index in [9.17, 15) is 8.42 Å². The zero-order chi connectivity index (χ0) is 24.0. The molecule has 10 nitrogen and oxygen atoms in total. The van der Waals surface area contributed by atoms with Gasteiger partial charge in [-0.05, 0) is 50.2 Å². The fourth-order valence-electron chi connectivity index (χ4n) is 3.07. The molecule has 1 N–H and O–H groups in total. The minimum absolute atomic E-state index is 0.00589. The maximum atomic E-state index is 13.1. The summed E-state index contributed by atoms with van der Waals surface area (Å²) in [5.41, 5.74) is 0.360. The van der Waals surface area contributed by atoms with Crippen LogP contribution in [0.15, 0.2) is 78.5 Å². The summed E-state index contributed by atoms with van der Waals surface area (Å²) in [5, 5.41) is 0. The van der Waals surface area contributed by atoms with Crippen LogP contribution in [0.25, 0.3) is 5.82 Å². The van der Waals surface area contributed by atoms with Crippen LogP contribution in [0, 0.1) is 0 Å². The van der Waals surface area contributed by atoms with Crippen molar-refractivity contribution in [3.63, 3.8) is 0 Å². The smallest absolute Gasteiger partial charge is 0.265 e. The Morgan fingerprint density at radius 1 is 0.941 bits per heavy atom. The van der Waals surface area contributed by atoms with Gasteiger partial charge in [-0.1, -0.05) is 0 Å². The van der Waals surface area contributed by atoms with Gasteiger partial charge < -0.3 is 14.2 Å². The van der Waals surface area contributed by atoms with Gasteiger partial charge in [0, 0.05) is 30.2 Å². The molecule has 0 spiro atoms. The first-order valence-corrected chi connectivity index (χ1v) is 12.0. The van der Waals surface area contributed by atoms with E-state index in [1.54, 1.807) is 72.7 Å². The van der Waals surface area contributed by atoms with Gasteiger partial charge in [0.05, 0.1) is 13.2 Å². The molecular formula is C23H23N5O5S. The summed E-state index contributed by atoms with van der Waals surface area (Å²) >= 11 is 0. The zero-order valence-corrected chi connectivity index (χ0v) is 19.4. The van der Waals surface area contributed by atoms with E-state index in [0.717, 1.165) is 0 Å². The van der Waals surface area contributed by atoms with Crippen LogP contribution in [0.5, 0.6) is 23.1 Å². The van der Waals surface area contributed by atoms with Crippen molar-refractivity contribution < 1.29 is 22.6 Å². The van der Waals surface area contributed by atoms with Crippen molar-refractivity contribution in [1.29, 1.82) is 0 Å².